The fraction of sp³-hybridized carbons (Fsp3) is 0.706. The summed E-state index contributed by atoms with van der Waals surface area (Å²) in [4.78, 5) is 6.93. The Morgan fingerprint density at radius 3 is 2.90 bits per heavy atom. The quantitative estimate of drug-likeness (QED) is 0.747. The summed E-state index contributed by atoms with van der Waals surface area (Å²) in [5.41, 5.74) is 1.27. The van der Waals surface area contributed by atoms with Crippen LogP contribution in [0.1, 0.15) is 37.7 Å². The maximum Gasteiger partial charge on any atom is 0.132 e. The predicted molar refractivity (Wildman–Crippen MR) is 87.7 cm³/mol. The van der Waals surface area contributed by atoms with Gasteiger partial charge in [-0.3, -0.25) is 0 Å². The lowest BCUT2D eigenvalue weighted by atomic mass is 9.89. The first-order chi connectivity index (χ1) is 10.3. The van der Waals surface area contributed by atoms with E-state index in [2.05, 4.69) is 28.3 Å². The molecule has 1 aromatic heterocycles. The molecule has 0 bridgehead atoms. The van der Waals surface area contributed by atoms with Crippen LogP contribution >= 0.6 is 0 Å². The highest BCUT2D eigenvalue weighted by molar-refractivity contribution is 5.45. The van der Waals surface area contributed by atoms with E-state index in [0.717, 1.165) is 38.0 Å². The van der Waals surface area contributed by atoms with E-state index in [1.54, 1.807) is 7.11 Å². The second-order valence-corrected chi connectivity index (χ2v) is 6.04. The number of aromatic nitrogens is 1. The molecule has 21 heavy (non-hydrogen) atoms. The molecule has 1 aliphatic rings. The Bertz CT molecular complexity index is 405. The van der Waals surface area contributed by atoms with Crippen LogP contribution in [0.4, 0.5) is 5.82 Å². The molecule has 1 saturated carbocycles. The molecule has 0 saturated heterocycles. The highest BCUT2D eigenvalue weighted by atomic mass is 16.5. The number of nitrogens with one attached hydrogen (secondary N) is 1. The van der Waals surface area contributed by atoms with Crippen molar-refractivity contribution in [3.05, 3.63) is 23.9 Å². The minimum Gasteiger partial charge on any atom is -0.383 e. The van der Waals surface area contributed by atoms with Crippen molar-refractivity contribution < 1.29 is 4.74 Å². The number of pyridine rings is 1. The molecule has 0 aromatic carbocycles. The van der Waals surface area contributed by atoms with Crippen molar-refractivity contribution in [3.8, 4) is 0 Å². The first-order valence-electron chi connectivity index (χ1n) is 8.16. The average molecular weight is 291 g/mol. The summed E-state index contributed by atoms with van der Waals surface area (Å²) < 4.78 is 5.07. The summed E-state index contributed by atoms with van der Waals surface area (Å²) in [6.07, 6.45) is 8.85. The van der Waals surface area contributed by atoms with E-state index >= 15 is 0 Å². The summed E-state index contributed by atoms with van der Waals surface area (Å²) in [5, 5.41) is 3.41. The number of hydrogen-bond donors (Lipinski definition) is 1. The van der Waals surface area contributed by atoms with Crippen LogP contribution in [0.15, 0.2) is 18.3 Å². The van der Waals surface area contributed by atoms with Gasteiger partial charge in [0.15, 0.2) is 0 Å². The minimum atomic E-state index is 0.744. The third kappa shape index (κ3) is 5.29. The van der Waals surface area contributed by atoms with Gasteiger partial charge in [0.2, 0.25) is 0 Å². The Morgan fingerprint density at radius 2 is 2.14 bits per heavy atom. The molecule has 0 amide bonds. The second kappa shape index (κ2) is 9.00. The monoisotopic (exact) mass is 291 g/mol. The predicted octanol–water partition coefficient (Wildman–Crippen LogP) is 2.83. The van der Waals surface area contributed by atoms with Crippen LogP contribution in [0, 0.1) is 5.92 Å². The third-order valence-corrected chi connectivity index (χ3v) is 4.28. The Labute approximate surface area is 128 Å². The molecule has 2 rings (SSSR count). The van der Waals surface area contributed by atoms with E-state index < -0.39 is 0 Å². The van der Waals surface area contributed by atoms with E-state index in [4.69, 9.17) is 4.74 Å². The first kappa shape index (κ1) is 16.2. The molecule has 4 nitrogen and oxygen atoms in total. The van der Waals surface area contributed by atoms with Crippen molar-refractivity contribution in [3.63, 3.8) is 0 Å². The van der Waals surface area contributed by atoms with Crippen LogP contribution in [0.25, 0.3) is 0 Å². The molecule has 1 aromatic rings. The van der Waals surface area contributed by atoms with E-state index in [1.807, 2.05) is 12.3 Å². The molecule has 118 valence electrons. The Hall–Kier alpha value is -1.13. The fourth-order valence-corrected chi connectivity index (χ4v) is 3.15. The normalized spacial score (nSPS) is 16.1. The van der Waals surface area contributed by atoms with Gasteiger partial charge < -0.3 is 15.0 Å². The van der Waals surface area contributed by atoms with Crippen LogP contribution in [0.3, 0.4) is 0 Å². The lowest BCUT2D eigenvalue weighted by Gasteiger charge is -2.28. The van der Waals surface area contributed by atoms with Crippen LogP contribution in [0.2, 0.25) is 0 Å². The topological polar surface area (TPSA) is 37.4 Å². The van der Waals surface area contributed by atoms with Crippen molar-refractivity contribution in [2.45, 2.75) is 38.6 Å². The number of nitrogens with zero attached hydrogens (tertiary/aromatic N) is 2. The van der Waals surface area contributed by atoms with E-state index in [9.17, 15) is 0 Å². The van der Waals surface area contributed by atoms with Crippen LogP contribution in [-0.4, -0.2) is 38.8 Å². The average Bonchev–Trinajstić information content (AvgIpc) is 2.53. The zero-order valence-corrected chi connectivity index (χ0v) is 13.5. The van der Waals surface area contributed by atoms with Gasteiger partial charge in [0.1, 0.15) is 5.82 Å². The van der Waals surface area contributed by atoms with E-state index in [1.165, 1.54) is 37.7 Å². The maximum atomic E-state index is 5.07. The smallest absolute Gasteiger partial charge is 0.132 e. The zero-order valence-electron chi connectivity index (χ0n) is 13.5. The van der Waals surface area contributed by atoms with Gasteiger partial charge >= 0.3 is 0 Å². The van der Waals surface area contributed by atoms with Gasteiger partial charge in [-0.1, -0.05) is 25.3 Å². The molecule has 1 fully saturated rings. The summed E-state index contributed by atoms with van der Waals surface area (Å²) >= 11 is 0. The molecule has 1 N–H and O–H groups in total. The molecule has 4 heteroatoms. The Balaban J connectivity index is 1.90. The van der Waals surface area contributed by atoms with Gasteiger partial charge in [0.25, 0.3) is 0 Å². The first-order valence-corrected chi connectivity index (χ1v) is 8.16. The minimum absolute atomic E-state index is 0.744. The number of ether oxygens (including phenoxy) is 1. The number of anilines is 1. The molecule has 1 aliphatic carbocycles. The third-order valence-electron chi connectivity index (χ3n) is 4.28. The Kier molecular flexibility index (Phi) is 6.96. The van der Waals surface area contributed by atoms with Crippen LogP contribution in [0.5, 0.6) is 0 Å². The Morgan fingerprint density at radius 1 is 1.33 bits per heavy atom. The fourth-order valence-electron chi connectivity index (χ4n) is 3.15. The number of rotatable bonds is 8. The van der Waals surface area contributed by atoms with Crippen LogP contribution in [-0.2, 0) is 11.3 Å². The number of methoxy groups -OCH3 is 1. The van der Waals surface area contributed by atoms with Gasteiger partial charge in [0.05, 0.1) is 6.61 Å². The van der Waals surface area contributed by atoms with Crippen molar-refractivity contribution in [1.29, 1.82) is 0 Å². The molecule has 0 radical (unpaired) electrons. The second-order valence-electron chi connectivity index (χ2n) is 6.04. The summed E-state index contributed by atoms with van der Waals surface area (Å²) in [6, 6.07) is 4.19. The molecule has 0 atom stereocenters. The van der Waals surface area contributed by atoms with Gasteiger partial charge in [-0.2, -0.15) is 0 Å². The lowest BCUT2D eigenvalue weighted by molar-refractivity contribution is 0.199. The standard InChI is InChI=1S/C17H29N3O/c1-20(14-15-7-4-3-5-8-15)17-16(9-6-10-19-17)13-18-11-12-21-2/h6,9-10,15,18H,3-5,7-8,11-14H2,1-2H3. The SMILES string of the molecule is COCCNCc1cccnc1N(C)CC1CCCCC1. The molecule has 0 spiro atoms. The van der Waals surface area contributed by atoms with Gasteiger partial charge in [-0.25, -0.2) is 4.98 Å². The molecular weight excluding hydrogens is 262 g/mol. The molecular formula is C17H29N3O. The molecule has 0 aliphatic heterocycles. The summed E-state index contributed by atoms with van der Waals surface area (Å²) in [5.74, 6) is 1.95. The van der Waals surface area contributed by atoms with Crippen molar-refractivity contribution in [1.82, 2.24) is 10.3 Å². The lowest BCUT2D eigenvalue weighted by Crippen LogP contribution is -2.29. The van der Waals surface area contributed by atoms with Gasteiger partial charge in [-0.15, -0.1) is 0 Å². The van der Waals surface area contributed by atoms with Crippen LogP contribution < -0.4 is 10.2 Å². The van der Waals surface area contributed by atoms with Gasteiger partial charge in [0, 0.05) is 45.6 Å². The van der Waals surface area contributed by atoms with Crippen molar-refractivity contribution in [2.75, 3.05) is 38.8 Å². The highest BCUT2D eigenvalue weighted by Crippen LogP contribution is 2.26. The van der Waals surface area contributed by atoms with E-state index in [-0.39, 0.29) is 0 Å². The van der Waals surface area contributed by atoms with Crippen molar-refractivity contribution >= 4 is 5.82 Å². The summed E-state index contributed by atoms with van der Waals surface area (Å²) in [7, 11) is 3.91. The number of hydrogen-bond acceptors (Lipinski definition) is 4. The van der Waals surface area contributed by atoms with Gasteiger partial charge in [-0.05, 0) is 24.8 Å². The maximum absolute atomic E-state index is 5.07. The largest absolute Gasteiger partial charge is 0.383 e. The summed E-state index contributed by atoms with van der Waals surface area (Å²) in [6.45, 7) is 3.59. The van der Waals surface area contributed by atoms with Crippen molar-refractivity contribution in [2.24, 2.45) is 5.92 Å². The molecule has 0 unspecified atom stereocenters. The molecule has 1 heterocycles. The highest BCUT2D eigenvalue weighted by Gasteiger charge is 2.17. The van der Waals surface area contributed by atoms with E-state index in [0.29, 0.717) is 0 Å². The zero-order chi connectivity index (χ0) is 14.9.